The third-order valence-electron chi connectivity index (χ3n) is 2.70. The molecule has 5 nitrogen and oxygen atoms in total. The molecule has 0 saturated heterocycles. The molecule has 2 atom stereocenters. The number of aromatic nitrogens is 1. The summed E-state index contributed by atoms with van der Waals surface area (Å²) >= 11 is 2.87. The minimum atomic E-state index is -0.896. The Morgan fingerprint density at radius 1 is 1.50 bits per heavy atom. The lowest BCUT2D eigenvalue weighted by Gasteiger charge is -2.01. The summed E-state index contributed by atoms with van der Waals surface area (Å²) in [5, 5.41) is 20.7. The number of carboxylic acids is 1. The number of thioether (sulfide) groups is 1. The number of hydrogen-bond donors (Lipinski definition) is 2. The fourth-order valence-corrected chi connectivity index (χ4v) is 3.95. The van der Waals surface area contributed by atoms with Gasteiger partial charge in [-0.25, -0.2) is 9.78 Å². The van der Waals surface area contributed by atoms with Crippen molar-refractivity contribution in [3.8, 4) is 0 Å². The highest BCUT2D eigenvalue weighted by Crippen LogP contribution is 2.23. The van der Waals surface area contributed by atoms with Crippen molar-refractivity contribution in [2.45, 2.75) is 18.6 Å². The van der Waals surface area contributed by atoms with E-state index in [1.807, 2.05) is 6.08 Å². The molecule has 2 aliphatic rings. The second-order valence-corrected chi connectivity index (χ2v) is 6.08. The lowest BCUT2D eigenvalue weighted by Crippen LogP contribution is -2.27. The van der Waals surface area contributed by atoms with Crippen LogP contribution in [0.5, 0.6) is 0 Å². The summed E-state index contributed by atoms with van der Waals surface area (Å²) in [6, 6.07) is -0.663. The highest BCUT2D eigenvalue weighted by Gasteiger charge is 2.26. The van der Waals surface area contributed by atoms with E-state index in [0.29, 0.717) is 17.2 Å². The first-order chi connectivity index (χ1) is 8.63. The Balaban J connectivity index is 1.99. The minimum absolute atomic E-state index is 0.448. The van der Waals surface area contributed by atoms with Crippen molar-refractivity contribution in [3.05, 3.63) is 14.9 Å². The molecule has 7 heteroatoms. The first kappa shape index (κ1) is 11.9. The van der Waals surface area contributed by atoms with E-state index in [-0.39, 0.29) is 0 Å². The number of aliphatic imine (C=N–C) groups is 1. The number of carboxylic acid groups (broad SMARTS) is 1. The molecule has 0 aromatic carbocycles. The maximum Gasteiger partial charge on any atom is 0.329 e. The summed E-state index contributed by atoms with van der Waals surface area (Å²) in [5.41, 5.74) is 0. The molecule has 1 aromatic heterocycles. The SMILES string of the molecule is O=C(O)[C@H]1CSC(c2nc3c(s2)=CC(O)CC=3)=N1. The fraction of sp³-hybridized carbons (Fsp3) is 0.364. The van der Waals surface area contributed by atoms with E-state index >= 15 is 0 Å². The van der Waals surface area contributed by atoms with Crippen molar-refractivity contribution < 1.29 is 15.0 Å². The van der Waals surface area contributed by atoms with Gasteiger partial charge in [-0.3, -0.25) is 4.99 Å². The first-order valence-corrected chi connectivity index (χ1v) is 7.24. The summed E-state index contributed by atoms with van der Waals surface area (Å²) in [6.07, 6.45) is 3.81. The number of fused-ring (bicyclic) bond motifs is 1. The molecule has 0 radical (unpaired) electrons. The number of hydrogen-bond acceptors (Lipinski definition) is 6. The Bertz CT molecular complexity index is 650. The van der Waals surface area contributed by atoms with Crippen molar-refractivity contribution in [2.75, 3.05) is 5.75 Å². The quantitative estimate of drug-likeness (QED) is 0.758. The van der Waals surface area contributed by atoms with Crippen LogP contribution in [0.4, 0.5) is 0 Å². The second-order valence-electron chi connectivity index (χ2n) is 4.04. The first-order valence-electron chi connectivity index (χ1n) is 5.44. The standard InChI is InChI=1S/C11H10N2O3S2/c14-5-1-2-6-8(3-5)18-10(12-6)9-13-7(4-17-9)11(15)16/h2-3,5,7,14H,1,4H2,(H,15,16)/t5?,7-/m1/s1. The van der Waals surface area contributed by atoms with Crippen LogP contribution in [0.3, 0.4) is 0 Å². The predicted molar refractivity (Wildman–Crippen MR) is 71.3 cm³/mol. The Morgan fingerprint density at radius 3 is 3.06 bits per heavy atom. The summed E-state index contributed by atoms with van der Waals surface area (Å²) in [5.74, 6) is -0.433. The molecule has 0 spiro atoms. The van der Waals surface area contributed by atoms with Gasteiger partial charge in [-0.2, -0.15) is 0 Å². The molecule has 2 heterocycles. The summed E-state index contributed by atoms with van der Waals surface area (Å²) in [7, 11) is 0. The Morgan fingerprint density at radius 2 is 2.33 bits per heavy atom. The average Bonchev–Trinajstić information content (AvgIpc) is 2.93. The molecular formula is C11H10N2O3S2. The van der Waals surface area contributed by atoms with Gasteiger partial charge >= 0.3 is 5.97 Å². The van der Waals surface area contributed by atoms with Crippen LogP contribution in [-0.2, 0) is 4.79 Å². The largest absolute Gasteiger partial charge is 0.480 e. The molecule has 0 fully saturated rings. The van der Waals surface area contributed by atoms with Crippen molar-refractivity contribution >= 4 is 46.3 Å². The highest BCUT2D eigenvalue weighted by atomic mass is 32.2. The van der Waals surface area contributed by atoms with Gasteiger partial charge in [0.05, 0.1) is 16.0 Å². The van der Waals surface area contributed by atoms with Gasteiger partial charge in [-0.15, -0.1) is 23.1 Å². The minimum Gasteiger partial charge on any atom is -0.480 e. The number of aliphatic carboxylic acids is 1. The number of aliphatic hydroxyl groups is 1. The van der Waals surface area contributed by atoms with Crippen LogP contribution in [-0.4, -0.2) is 44.1 Å². The number of aliphatic hydroxyl groups excluding tert-OH is 1. The predicted octanol–water partition coefficient (Wildman–Crippen LogP) is -0.585. The smallest absolute Gasteiger partial charge is 0.329 e. The number of nitrogens with zero attached hydrogens (tertiary/aromatic N) is 2. The third kappa shape index (κ3) is 2.09. The molecule has 1 aromatic rings. The van der Waals surface area contributed by atoms with E-state index in [9.17, 15) is 9.90 Å². The van der Waals surface area contributed by atoms with Crippen molar-refractivity contribution in [3.63, 3.8) is 0 Å². The lowest BCUT2D eigenvalue weighted by atomic mass is 10.2. The van der Waals surface area contributed by atoms with Gasteiger partial charge in [0.25, 0.3) is 0 Å². The molecule has 3 rings (SSSR count). The molecule has 94 valence electrons. The molecule has 1 aliphatic heterocycles. The maximum absolute atomic E-state index is 10.8. The molecule has 0 amide bonds. The Kier molecular flexibility index (Phi) is 2.96. The van der Waals surface area contributed by atoms with Crippen molar-refractivity contribution in [1.82, 2.24) is 4.98 Å². The van der Waals surface area contributed by atoms with E-state index < -0.39 is 18.1 Å². The van der Waals surface area contributed by atoms with Gasteiger partial charge in [-0.05, 0) is 12.5 Å². The van der Waals surface area contributed by atoms with E-state index in [0.717, 1.165) is 14.9 Å². The van der Waals surface area contributed by atoms with Crippen molar-refractivity contribution in [1.29, 1.82) is 0 Å². The zero-order valence-corrected chi connectivity index (χ0v) is 10.9. The van der Waals surface area contributed by atoms with Gasteiger partial charge in [0.15, 0.2) is 6.04 Å². The Hall–Kier alpha value is -1.18. The topological polar surface area (TPSA) is 82.8 Å². The Labute approximate surface area is 111 Å². The third-order valence-corrected chi connectivity index (χ3v) is 4.92. The zero-order chi connectivity index (χ0) is 12.7. The van der Waals surface area contributed by atoms with Gasteiger partial charge in [0, 0.05) is 5.75 Å². The van der Waals surface area contributed by atoms with Crippen LogP contribution in [0, 0.1) is 0 Å². The molecule has 2 N–H and O–H groups in total. The summed E-state index contributed by atoms with van der Waals surface area (Å²) in [4.78, 5) is 19.4. The fourth-order valence-electron chi connectivity index (χ4n) is 1.79. The second kappa shape index (κ2) is 4.49. The van der Waals surface area contributed by atoms with E-state index in [4.69, 9.17) is 5.11 Å². The molecular weight excluding hydrogens is 272 g/mol. The van der Waals surface area contributed by atoms with Crippen molar-refractivity contribution in [2.24, 2.45) is 4.99 Å². The van der Waals surface area contributed by atoms with Gasteiger partial charge in [0.1, 0.15) is 10.1 Å². The molecule has 0 bridgehead atoms. The molecule has 1 unspecified atom stereocenters. The number of carbonyl (C=O) groups is 1. The highest BCUT2D eigenvalue weighted by molar-refractivity contribution is 8.15. The zero-order valence-electron chi connectivity index (χ0n) is 9.24. The van der Waals surface area contributed by atoms with Crippen LogP contribution in [0.2, 0.25) is 0 Å². The maximum atomic E-state index is 10.8. The number of rotatable bonds is 2. The summed E-state index contributed by atoms with van der Waals surface area (Å²) in [6.45, 7) is 0. The van der Waals surface area contributed by atoms with Crippen LogP contribution >= 0.6 is 23.1 Å². The van der Waals surface area contributed by atoms with Gasteiger partial charge < -0.3 is 10.2 Å². The average molecular weight is 282 g/mol. The monoisotopic (exact) mass is 282 g/mol. The molecule has 18 heavy (non-hydrogen) atoms. The van der Waals surface area contributed by atoms with E-state index in [1.54, 1.807) is 6.08 Å². The summed E-state index contributed by atoms with van der Waals surface area (Å²) < 4.78 is 0.936. The van der Waals surface area contributed by atoms with E-state index in [1.165, 1.54) is 23.1 Å². The van der Waals surface area contributed by atoms with Crippen LogP contribution < -0.4 is 9.88 Å². The lowest BCUT2D eigenvalue weighted by molar-refractivity contribution is -0.137. The number of thiazole rings is 1. The van der Waals surface area contributed by atoms with Crippen LogP contribution in [0.15, 0.2) is 4.99 Å². The van der Waals surface area contributed by atoms with Crippen LogP contribution in [0.1, 0.15) is 11.4 Å². The van der Waals surface area contributed by atoms with Gasteiger partial charge in [-0.1, -0.05) is 6.08 Å². The normalized spacial score (nSPS) is 25.9. The van der Waals surface area contributed by atoms with Gasteiger partial charge in [0.2, 0.25) is 0 Å². The molecule has 1 aliphatic carbocycles. The van der Waals surface area contributed by atoms with Crippen LogP contribution in [0.25, 0.3) is 12.2 Å². The van der Waals surface area contributed by atoms with E-state index in [2.05, 4.69) is 9.98 Å². The molecule has 0 saturated carbocycles.